The predicted molar refractivity (Wildman–Crippen MR) is 89.8 cm³/mol. The molecular formula is C18H21N3O. The smallest absolute Gasteiger partial charge is 0.120 e. The minimum absolute atomic E-state index is 0.0205. The van der Waals surface area contributed by atoms with E-state index < -0.39 is 0 Å². The van der Waals surface area contributed by atoms with E-state index in [-0.39, 0.29) is 6.04 Å². The van der Waals surface area contributed by atoms with Gasteiger partial charge in [-0.25, -0.2) is 0 Å². The summed E-state index contributed by atoms with van der Waals surface area (Å²) in [6, 6.07) is 16.2. The summed E-state index contributed by atoms with van der Waals surface area (Å²) in [5.41, 5.74) is 15.0. The van der Waals surface area contributed by atoms with Gasteiger partial charge in [0, 0.05) is 29.7 Å². The molecular weight excluding hydrogens is 274 g/mol. The van der Waals surface area contributed by atoms with Crippen LogP contribution in [0, 0.1) is 0 Å². The molecule has 0 saturated heterocycles. The number of nitrogens with one attached hydrogen (secondary N) is 1. The van der Waals surface area contributed by atoms with Crippen LogP contribution >= 0.6 is 0 Å². The van der Waals surface area contributed by atoms with Gasteiger partial charge in [0.1, 0.15) is 12.4 Å². The molecule has 1 heterocycles. The molecule has 0 spiro atoms. The van der Waals surface area contributed by atoms with Crippen LogP contribution in [0.25, 0.3) is 10.9 Å². The van der Waals surface area contributed by atoms with Crippen LogP contribution in [0.2, 0.25) is 0 Å². The zero-order chi connectivity index (χ0) is 15.4. The number of fused-ring (bicyclic) bond motifs is 1. The second-order valence-electron chi connectivity index (χ2n) is 5.50. The van der Waals surface area contributed by atoms with Crippen molar-refractivity contribution in [2.45, 2.75) is 19.1 Å². The molecule has 4 heteroatoms. The summed E-state index contributed by atoms with van der Waals surface area (Å²) >= 11 is 0. The summed E-state index contributed by atoms with van der Waals surface area (Å²) < 4.78 is 5.89. The predicted octanol–water partition coefficient (Wildman–Crippen LogP) is 2.58. The Balaban J connectivity index is 1.78. The molecule has 0 aliphatic rings. The lowest BCUT2D eigenvalue weighted by Crippen LogP contribution is -2.31. The standard InChI is InChI=1S/C18H21N3O/c19-10-15(20)8-14-11-21-18-7-6-16(9-17(14)18)22-12-13-4-2-1-3-5-13/h1-7,9,11,15,21H,8,10,12,19-20H2. The number of H-pyrrole nitrogens is 1. The van der Waals surface area contributed by atoms with Crippen LogP contribution < -0.4 is 16.2 Å². The molecule has 114 valence electrons. The van der Waals surface area contributed by atoms with E-state index in [9.17, 15) is 0 Å². The lowest BCUT2D eigenvalue weighted by molar-refractivity contribution is 0.306. The minimum Gasteiger partial charge on any atom is -0.489 e. The van der Waals surface area contributed by atoms with E-state index in [0.29, 0.717) is 13.2 Å². The number of ether oxygens (including phenoxy) is 1. The van der Waals surface area contributed by atoms with Gasteiger partial charge >= 0.3 is 0 Å². The quantitative estimate of drug-likeness (QED) is 0.654. The van der Waals surface area contributed by atoms with Crippen molar-refractivity contribution in [2.24, 2.45) is 11.5 Å². The first-order valence-corrected chi connectivity index (χ1v) is 7.48. The van der Waals surface area contributed by atoms with Crippen molar-refractivity contribution in [1.29, 1.82) is 0 Å². The number of rotatable bonds is 6. The summed E-state index contributed by atoms with van der Waals surface area (Å²) in [6.07, 6.45) is 2.76. The average molecular weight is 295 g/mol. The number of hydrogen-bond acceptors (Lipinski definition) is 3. The molecule has 1 unspecified atom stereocenters. The molecule has 5 N–H and O–H groups in total. The van der Waals surface area contributed by atoms with Gasteiger partial charge in [-0.05, 0) is 35.7 Å². The molecule has 4 nitrogen and oxygen atoms in total. The molecule has 0 bridgehead atoms. The van der Waals surface area contributed by atoms with Crippen LogP contribution in [0.5, 0.6) is 5.75 Å². The summed E-state index contributed by atoms with van der Waals surface area (Å²) in [5, 5.41) is 1.15. The Morgan fingerprint density at radius 1 is 1.09 bits per heavy atom. The van der Waals surface area contributed by atoms with E-state index in [0.717, 1.165) is 28.6 Å². The van der Waals surface area contributed by atoms with Crippen LogP contribution in [-0.2, 0) is 13.0 Å². The monoisotopic (exact) mass is 295 g/mol. The molecule has 1 atom stereocenters. The topological polar surface area (TPSA) is 77.1 Å². The molecule has 1 aromatic heterocycles. The molecule has 0 radical (unpaired) electrons. The maximum Gasteiger partial charge on any atom is 0.120 e. The van der Waals surface area contributed by atoms with E-state index in [1.165, 1.54) is 5.56 Å². The highest BCUT2D eigenvalue weighted by Crippen LogP contribution is 2.25. The zero-order valence-electron chi connectivity index (χ0n) is 12.5. The van der Waals surface area contributed by atoms with E-state index in [4.69, 9.17) is 16.2 Å². The molecule has 0 fully saturated rings. The van der Waals surface area contributed by atoms with Crippen LogP contribution in [0.1, 0.15) is 11.1 Å². The highest BCUT2D eigenvalue weighted by Gasteiger charge is 2.09. The van der Waals surface area contributed by atoms with E-state index in [2.05, 4.69) is 23.2 Å². The van der Waals surface area contributed by atoms with Gasteiger partial charge in [0.25, 0.3) is 0 Å². The second kappa shape index (κ2) is 6.64. The number of aromatic amines is 1. The van der Waals surface area contributed by atoms with Crippen molar-refractivity contribution in [3.8, 4) is 5.75 Å². The van der Waals surface area contributed by atoms with Crippen LogP contribution in [0.3, 0.4) is 0 Å². The first-order chi connectivity index (χ1) is 10.8. The average Bonchev–Trinajstić information content (AvgIpc) is 2.96. The van der Waals surface area contributed by atoms with Gasteiger partial charge in [0.2, 0.25) is 0 Å². The summed E-state index contributed by atoms with van der Waals surface area (Å²) in [5.74, 6) is 0.860. The van der Waals surface area contributed by atoms with Gasteiger partial charge in [-0.1, -0.05) is 30.3 Å². The van der Waals surface area contributed by atoms with Crippen LogP contribution in [0.15, 0.2) is 54.7 Å². The fourth-order valence-corrected chi connectivity index (χ4v) is 2.52. The van der Waals surface area contributed by atoms with Crippen molar-refractivity contribution >= 4 is 10.9 Å². The number of nitrogens with two attached hydrogens (primary N) is 2. The maximum atomic E-state index is 5.96. The van der Waals surface area contributed by atoms with Gasteiger partial charge in [0.15, 0.2) is 0 Å². The minimum atomic E-state index is -0.0205. The summed E-state index contributed by atoms with van der Waals surface area (Å²) in [7, 11) is 0. The zero-order valence-corrected chi connectivity index (χ0v) is 12.5. The number of benzene rings is 2. The molecule has 0 saturated carbocycles. The van der Waals surface area contributed by atoms with Crippen LogP contribution in [-0.4, -0.2) is 17.6 Å². The molecule has 3 aromatic rings. The third-order valence-electron chi connectivity index (χ3n) is 3.77. The number of aromatic nitrogens is 1. The van der Waals surface area contributed by atoms with Crippen molar-refractivity contribution in [3.05, 3.63) is 65.9 Å². The number of hydrogen-bond donors (Lipinski definition) is 3. The van der Waals surface area contributed by atoms with Crippen molar-refractivity contribution in [1.82, 2.24) is 4.98 Å². The van der Waals surface area contributed by atoms with E-state index in [1.807, 2.05) is 36.5 Å². The molecule has 0 amide bonds. The second-order valence-corrected chi connectivity index (χ2v) is 5.50. The summed E-state index contributed by atoms with van der Waals surface area (Å²) in [4.78, 5) is 3.27. The Bertz CT molecular complexity index is 736. The molecule has 22 heavy (non-hydrogen) atoms. The molecule has 0 aliphatic heterocycles. The Kier molecular flexibility index (Phi) is 4.42. The summed E-state index contributed by atoms with van der Waals surface area (Å²) in [6.45, 7) is 1.05. The maximum absolute atomic E-state index is 5.96. The third-order valence-corrected chi connectivity index (χ3v) is 3.77. The van der Waals surface area contributed by atoms with Gasteiger partial charge in [-0.15, -0.1) is 0 Å². The Hall–Kier alpha value is -2.30. The van der Waals surface area contributed by atoms with Crippen molar-refractivity contribution in [2.75, 3.05) is 6.54 Å². The first-order valence-electron chi connectivity index (χ1n) is 7.48. The van der Waals surface area contributed by atoms with E-state index >= 15 is 0 Å². The Morgan fingerprint density at radius 2 is 1.91 bits per heavy atom. The Morgan fingerprint density at radius 3 is 2.68 bits per heavy atom. The van der Waals surface area contributed by atoms with Gasteiger partial charge in [-0.3, -0.25) is 0 Å². The van der Waals surface area contributed by atoms with Crippen LogP contribution in [0.4, 0.5) is 0 Å². The third kappa shape index (κ3) is 3.30. The Labute approximate surface area is 130 Å². The molecule has 0 aliphatic carbocycles. The van der Waals surface area contributed by atoms with E-state index in [1.54, 1.807) is 0 Å². The molecule has 3 rings (SSSR count). The van der Waals surface area contributed by atoms with Gasteiger partial charge in [-0.2, -0.15) is 0 Å². The van der Waals surface area contributed by atoms with Gasteiger partial charge < -0.3 is 21.2 Å². The molecule has 2 aromatic carbocycles. The van der Waals surface area contributed by atoms with Crippen molar-refractivity contribution < 1.29 is 4.74 Å². The largest absolute Gasteiger partial charge is 0.489 e. The SMILES string of the molecule is NCC(N)Cc1c[nH]c2ccc(OCc3ccccc3)cc12. The normalized spacial score (nSPS) is 12.5. The highest BCUT2D eigenvalue weighted by molar-refractivity contribution is 5.84. The van der Waals surface area contributed by atoms with Crippen molar-refractivity contribution in [3.63, 3.8) is 0 Å². The first kappa shape index (κ1) is 14.6. The lowest BCUT2D eigenvalue weighted by Gasteiger charge is -2.09. The fraction of sp³-hybridized carbons (Fsp3) is 0.222. The van der Waals surface area contributed by atoms with Gasteiger partial charge in [0.05, 0.1) is 0 Å². The lowest BCUT2D eigenvalue weighted by atomic mass is 10.1. The highest BCUT2D eigenvalue weighted by atomic mass is 16.5. The fourth-order valence-electron chi connectivity index (χ4n) is 2.52.